The summed E-state index contributed by atoms with van der Waals surface area (Å²) in [7, 11) is -2.43. The first kappa shape index (κ1) is 16.4. The lowest BCUT2D eigenvalue weighted by Gasteiger charge is -2.32. The van der Waals surface area contributed by atoms with Crippen molar-refractivity contribution in [3.63, 3.8) is 0 Å². The van der Waals surface area contributed by atoms with E-state index in [1.807, 2.05) is 0 Å². The summed E-state index contributed by atoms with van der Waals surface area (Å²) in [6, 6.07) is 0.817. The summed E-state index contributed by atoms with van der Waals surface area (Å²) in [6.45, 7) is 0.335. The van der Waals surface area contributed by atoms with E-state index in [4.69, 9.17) is 4.74 Å². The standard InChI is InChI=1S/C11H13Br2NO4S2/c1-18-11(15)7-4-2-3-5-14(7)20(16,17)8-6-9(12)19-10(8)13/h6-7H,2-5H2,1H3. The van der Waals surface area contributed by atoms with Crippen molar-refractivity contribution in [2.75, 3.05) is 13.7 Å². The van der Waals surface area contributed by atoms with Crippen LogP contribution >= 0.6 is 43.2 Å². The number of carbonyl (C=O) groups excluding carboxylic acids is 1. The van der Waals surface area contributed by atoms with Crippen molar-refractivity contribution in [3.8, 4) is 0 Å². The minimum absolute atomic E-state index is 0.185. The van der Waals surface area contributed by atoms with Gasteiger partial charge in [-0.25, -0.2) is 8.42 Å². The quantitative estimate of drug-likeness (QED) is 0.669. The summed E-state index contributed by atoms with van der Waals surface area (Å²) in [6.07, 6.45) is 2.06. The van der Waals surface area contributed by atoms with Gasteiger partial charge in [0.05, 0.1) is 14.7 Å². The Labute approximate surface area is 138 Å². The molecule has 0 aliphatic carbocycles. The molecule has 112 valence electrons. The largest absolute Gasteiger partial charge is 0.468 e. The van der Waals surface area contributed by atoms with Crippen LogP contribution in [0.25, 0.3) is 0 Å². The first-order valence-electron chi connectivity index (χ1n) is 5.92. The number of hydrogen-bond acceptors (Lipinski definition) is 5. The second-order valence-corrected chi connectivity index (χ2v) is 9.95. The smallest absolute Gasteiger partial charge is 0.324 e. The van der Waals surface area contributed by atoms with Crippen LogP contribution in [-0.2, 0) is 19.6 Å². The zero-order valence-electron chi connectivity index (χ0n) is 10.6. The predicted octanol–water partition coefficient (Wildman–Crippen LogP) is 2.99. The SMILES string of the molecule is COC(=O)C1CCCCN1S(=O)(=O)c1cc(Br)sc1Br. The Morgan fingerprint density at radius 2 is 2.15 bits per heavy atom. The second-order valence-electron chi connectivity index (χ2n) is 4.34. The minimum atomic E-state index is -3.71. The van der Waals surface area contributed by atoms with Gasteiger partial charge in [0.2, 0.25) is 10.0 Å². The fraction of sp³-hybridized carbons (Fsp3) is 0.545. The van der Waals surface area contributed by atoms with Crippen molar-refractivity contribution in [1.29, 1.82) is 0 Å². The molecule has 1 aromatic heterocycles. The highest BCUT2D eigenvalue weighted by molar-refractivity contribution is 9.12. The maximum Gasteiger partial charge on any atom is 0.324 e. The van der Waals surface area contributed by atoms with Crippen molar-refractivity contribution in [3.05, 3.63) is 13.6 Å². The first-order chi connectivity index (χ1) is 9.37. The highest BCUT2D eigenvalue weighted by Crippen LogP contribution is 2.37. The number of sulfonamides is 1. The van der Waals surface area contributed by atoms with Crippen LogP contribution in [0.15, 0.2) is 18.5 Å². The lowest BCUT2D eigenvalue weighted by Crippen LogP contribution is -2.48. The Hall–Kier alpha value is 0.0400. The van der Waals surface area contributed by atoms with Crippen molar-refractivity contribution in [2.45, 2.75) is 30.2 Å². The molecule has 1 aromatic rings. The van der Waals surface area contributed by atoms with E-state index >= 15 is 0 Å². The predicted molar refractivity (Wildman–Crippen MR) is 83.3 cm³/mol. The van der Waals surface area contributed by atoms with Crippen LogP contribution in [0.5, 0.6) is 0 Å². The van der Waals surface area contributed by atoms with Gasteiger partial charge in [-0.3, -0.25) is 4.79 Å². The van der Waals surface area contributed by atoms with E-state index in [0.717, 1.165) is 16.6 Å². The van der Waals surface area contributed by atoms with Crippen LogP contribution in [0.3, 0.4) is 0 Å². The number of ether oxygens (including phenoxy) is 1. The first-order valence-corrected chi connectivity index (χ1v) is 9.76. The third kappa shape index (κ3) is 3.11. The van der Waals surface area contributed by atoms with Gasteiger partial charge in [-0.1, -0.05) is 0 Å². The van der Waals surface area contributed by atoms with Crippen molar-refractivity contribution in [2.24, 2.45) is 0 Å². The molecule has 1 fully saturated rings. The minimum Gasteiger partial charge on any atom is -0.468 e. The van der Waals surface area contributed by atoms with Gasteiger partial charge in [-0.15, -0.1) is 11.3 Å². The molecule has 0 radical (unpaired) electrons. The fourth-order valence-corrected chi connectivity index (χ4v) is 7.60. The Balaban J connectivity index is 2.40. The Morgan fingerprint density at radius 3 is 2.70 bits per heavy atom. The molecule has 0 bridgehead atoms. The molecule has 1 aliphatic heterocycles. The van der Waals surface area contributed by atoms with Crippen LogP contribution in [0.1, 0.15) is 19.3 Å². The Morgan fingerprint density at radius 1 is 1.45 bits per heavy atom. The molecule has 9 heteroatoms. The maximum atomic E-state index is 12.7. The van der Waals surface area contributed by atoms with E-state index in [-0.39, 0.29) is 4.90 Å². The van der Waals surface area contributed by atoms with Crippen LogP contribution < -0.4 is 0 Å². The van der Waals surface area contributed by atoms with Gasteiger partial charge in [-0.05, 0) is 57.2 Å². The molecule has 2 heterocycles. The number of piperidine rings is 1. The number of carbonyl (C=O) groups is 1. The van der Waals surface area contributed by atoms with E-state index in [9.17, 15) is 13.2 Å². The molecular weight excluding hydrogens is 434 g/mol. The number of halogens is 2. The maximum absolute atomic E-state index is 12.7. The molecule has 0 N–H and O–H groups in total. The van der Waals surface area contributed by atoms with Gasteiger partial charge >= 0.3 is 5.97 Å². The normalized spacial score (nSPS) is 20.9. The van der Waals surface area contributed by atoms with Crippen LogP contribution in [0, 0.1) is 0 Å². The molecule has 0 saturated carbocycles. The second kappa shape index (κ2) is 6.43. The van der Waals surface area contributed by atoms with E-state index in [0.29, 0.717) is 16.8 Å². The third-order valence-electron chi connectivity index (χ3n) is 3.14. The molecule has 1 saturated heterocycles. The number of thiophene rings is 1. The number of hydrogen-bond donors (Lipinski definition) is 0. The van der Waals surface area contributed by atoms with Gasteiger partial charge in [0.15, 0.2) is 0 Å². The van der Waals surface area contributed by atoms with E-state index in [2.05, 4.69) is 31.9 Å². The van der Waals surface area contributed by atoms with Gasteiger partial charge in [0, 0.05) is 6.54 Å². The highest BCUT2D eigenvalue weighted by atomic mass is 79.9. The summed E-state index contributed by atoms with van der Waals surface area (Å²) in [5.74, 6) is -0.501. The molecule has 2 rings (SSSR count). The highest BCUT2D eigenvalue weighted by Gasteiger charge is 2.39. The van der Waals surface area contributed by atoms with E-state index < -0.39 is 22.0 Å². The Bertz CT molecular complexity index is 614. The van der Waals surface area contributed by atoms with E-state index in [1.54, 1.807) is 6.07 Å². The average Bonchev–Trinajstić information content (AvgIpc) is 2.77. The number of rotatable bonds is 3. The van der Waals surface area contributed by atoms with Crippen molar-refractivity contribution < 1.29 is 17.9 Å². The van der Waals surface area contributed by atoms with E-state index in [1.165, 1.54) is 22.8 Å². The summed E-state index contributed by atoms with van der Waals surface area (Å²) >= 11 is 7.82. The van der Waals surface area contributed by atoms with Gasteiger partial charge in [0.1, 0.15) is 10.9 Å². The van der Waals surface area contributed by atoms with Gasteiger partial charge in [-0.2, -0.15) is 4.31 Å². The van der Waals surface area contributed by atoms with Crippen LogP contribution in [0.2, 0.25) is 0 Å². The molecular formula is C11H13Br2NO4S2. The van der Waals surface area contributed by atoms with Crippen molar-refractivity contribution >= 4 is 59.2 Å². The average molecular weight is 447 g/mol. The lowest BCUT2D eigenvalue weighted by atomic mass is 10.1. The Kier molecular flexibility index (Phi) is 5.28. The summed E-state index contributed by atoms with van der Waals surface area (Å²) in [5.41, 5.74) is 0. The molecule has 0 amide bonds. The summed E-state index contributed by atoms with van der Waals surface area (Å²) in [4.78, 5) is 12.0. The monoisotopic (exact) mass is 445 g/mol. The zero-order chi connectivity index (χ0) is 14.9. The zero-order valence-corrected chi connectivity index (χ0v) is 15.4. The van der Waals surface area contributed by atoms with Gasteiger partial charge in [0.25, 0.3) is 0 Å². The number of methoxy groups -OCH3 is 1. The molecule has 0 aromatic carbocycles. The third-order valence-corrected chi connectivity index (χ3v) is 7.80. The topological polar surface area (TPSA) is 63.7 Å². The summed E-state index contributed by atoms with van der Waals surface area (Å²) < 4.78 is 32.7. The van der Waals surface area contributed by atoms with Crippen molar-refractivity contribution in [1.82, 2.24) is 4.31 Å². The van der Waals surface area contributed by atoms with Crippen LogP contribution in [-0.4, -0.2) is 38.4 Å². The molecule has 1 aliphatic rings. The number of nitrogens with zero attached hydrogens (tertiary/aromatic N) is 1. The number of esters is 1. The molecule has 1 atom stereocenters. The molecule has 0 spiro atoms. The molecule has 5 nitrogen and oxygen atoms in total. The summed E-state index contributed by atoms with van der Waals surface area (Å²) in [5, 5.41) is 0. The molecule has 1 unspecified atom stereocenters. The lowest BCUT2D eigenvalue weighted by molar-refractivity contribution is -0.146. The van der Waals surface area contributed by atoms with Crippen LogP contribution in [0.4, 0.5) is 0 Å². The van der Waals surface area contributed by atoms with Gasteiger partial charge < -0.3 is 4.74 Å². The molecule has 20 heavy (non-hydrogen) atoms. The fourth-order valence-electron chi connectivity index (χ4n) is 2.19.